The van der Waals surface area contributed by atoms with Crippen molar-refractivity contribution < 1.29 is 40.3 Å². The minimum Gasteiger partial charge on any atom is -0.362 e. The molecule has 0 unspecified atom stereocenters. The molecule has 0 aromatic heterocycles. The van der Waals surface area contributed by atoms with Crippen molar-refractivity contribution in [3.63, 3.8) is 0 Å². The van der Waals surface area contributed by atoms with Gasteiger partial charge in [0, 0.05) is 12.6 Å². The van der Waals surface area contributed by atoms with Crippen LogP contribution in [0.25, 0.3) is 6.08 Å². The van der Waals surface area contributed by atoms with Gasteiger partial charge in [0.2, 0.25) is 18.0 Å². The molecular formula is C14H17NO9S2. The number of rotatable bonds is 4. The average Bonchev–Trinajstić information content (AvgIpc) is 2.56. The Hall–Kier alpha value is -2.41. The molecule has 0 bridgehead atoms. The van der Waals surface area contributed by atoms with Gasteiger partial charge in [0.1, 0.15) is 0 Å². The second kappa shape index (κ2) is 10.6. The largest absolute Gasteiger partial charge is 0.362 e. The first-order valence-electron chi connectivity index (χ1n) is 6.78. The number of Topliss-reactive ketones (excluding diaryl/α,β-unsaturated/α-hetero) is 1. The zero-order valence-electron chi connectivity index (χ0n) is 13.5. The van der Waals surface area contributed by atoms with Crippen molar-refractivity contribution in [1.82, 2.24) is 5.32 Å². The van der Waals surface area contributed by atoms with Gasteiger partial charge in [-0.05, 0) is 11.6 Å². The van der Waals surface area contributed by atoms with Gasteiger partial charge >= 0.3 is 0 Å². The molecule has 12 heteroatoms. The monoisotopic (exact) mass is 407 g/mol. The zero-order valence-corrected chi connectivity index (χ0v) is 15.2. The summed E-state index contributed by atoms with van der Waals surface area (Å²) in [6.45, 7) is 0. The standard InChI is InChI=1S/C10H6O2.C2H5NO.C2H6O6S2/c11-9-6-5-7-3-1-2-4-8(7)10(9)12;1-3-2-4;3-9(4,5)1-2-10(6,7)8/h1-6H;2H,1H3,(H,3,4);1-2H2,(H,3,4,5)(H,6,7,8). The molecule has 0 heterocycles. The van der Waals surface area contributed by atoms with E-state index < -0.39 is 43.3 Å². The molecule has 1 amide bonds. The third kappa shape index (κ3) is 10.5. The van der Waals surface area contributed by atoms with Gasteiger partial charge in [0.05, 0.1) is 11.5 Å². The number of carbonyl (C=O) groups is 3. The summed E-state index contributed by atoms with van der Waals surface area (Å²) in [5.74, 6) is -2.81. The van der Waals surface area contributed by atoms with E-state index in [2.05, 4.69) is 5.32 Å². The molecule has 3 N–H and O–H groups in total. The first-order valence-corrected chi connectivity index (χ1v) is 10.00. The quantitative estimate of drug-likeness (QED) is 0.341. The SMILES string of the molecule is CNC=O.O=C1C=Cc2ccccc2C1=O.O=S(=O)(O)CCS(=O)(=O)O. The maximum absolute atomic E-state index is 11.2. The number of amides is 1. The topological polar surface area (TPSA) is 172 Å². The summed E-state index contributed by atoms with van der Waals surface area (Å²) >= 11 is 0. The lowest BCUT2D eigenvalue weighted by Gasteiger charge is -2.06. The highest BCUT2D eigenvalue weighted by Crippen LogP contribution is 2.16. The summed E-state index contributed by atoms with van der Waals surface area (Å²) in [7, 11) is -7.03. The fraction of sp³-hybridized carbons (Fsp3) is 0.214. The van der Waals surface area contributed by atoms with Gasteiger partial charge in [-0.3, -0.25) is 23.5 Å². The summed E-state index contributed by atoms with van der Waals surface area (Å²) in [4.78, 5) is 31.2. The van der Waals surface area contributed by atoms with Gasteiger partial charge in [0.15, 0.2) is 0 Å². The van der Waals surface area contributed by atoms with Gasteiger partial charge in [0.25, 0.3) is 20.2 Å². The van der Waals surface area contributed by atoms with Crippen LogP contribution in [0.5, 0.6) is 0 Å². The first-order chi connectivity index (χ1) is 11.9. The van der Waals surface area contributed by atoms with Crippen LogP contribution in [0.15, 0.2) is 30.3 Å². The first kappa shape index (κ1) is 23.6. The van der Waals surface area contributed by atoms with Crippen molar-refractivity contribution in [2.24, 2.45) is 0 Å². The molecule has 0 radical (unpaired) electrons. The number of nitrogens with one attached hydrogen (secondary N) is 1. The summed E-state index contributed by atoms with van der Waals surface area (Å²) in [5, 5.41) is 2.25. The lowest BCUT2D eigenvalue weighted by atomic mass is 9.96. The average molecular weight is 407 g/mol. The van der Waals surface area contributed by atoms with Gasteiger partial charge < -0.3 is 5.32 Å². The van der Waals surface area contributed by atoms with Crippen LogP contribution in [0.4, 0.5) is 0 Å². The fourth-order valence-corrected chi connectivity index (χ4v) is 3.12. The van der Waals surface area contributed by atoms with E-state index in [-0.39, 0.29) is 0 Å². The van der Waals surface area contributed by atoms with Crippen LogP contribution >= 0.6 is 0 Å². The minimum absolute atomic E-state index is 0.409. The molecule has 0 aliphatic heterocycles. The molecule has 0 spiro atoms. The molecule has 10 nitrogen and oxygen atoms in total. The number of allylic oxidation sites excluding steroid dienone is 1. The lowest BCUT2D eigenvalue weighted by Crippen LogP contribution is -2.15. The third-order valence-electron chi connectivity index (χ3n) is 2.56. The highest BCUT2D eigenvalue weighted by atomic mass is 32.2. The Kier molecular flexibility index (Phi) is 9.57. The van der Waals surface area contributed by atoms with Crippen molar-refractivity contribution in [3.8, 4) is 0 Å². The van der Waals surface area contributed by atoms with Gasteiger partial charge in [-0.2, -0.15) is 16.8 Å². The van der Waals surface area contributed by atoms with E-state index >= 15 is 0 Å². The van der Waals surface area contributed by atoms with E-state index in [1.165, 1.54) is 6.08 Å². The molecule has 0 saturated carbocycles. The predicted molar refractivity (Wildman–Crippen MR) is 92.8 cm³/mol. The molecular weight excluding hydrogens is 390 g/mol. The zero-order chi connectivity index (χ0) is 20.4. The highest BCUT2D eigenvalue weighted by Gasteiger charge is 2.19. The molecule has 2 rings (SSSR count). The van der Waals surface area contributed by atoms with Crippen molar-refractivity contribution in [3.05, 3.63) is 41.5 Å². The molecule has 0 saturated heterocycles. The van der Waals surface area contributed by atoms with E-state index in [1.54, 1.807) is 25.3 Å². The van der Waals surface area contributed by atoms with Crippen molar-refractivity contribution in [1.29, 1.82) is 0 Å². The van der Waals surface area contributed by atoms with Crippen LogP contribution in [0.3, 0.4) is 0 Å². The number of ketones is 2. The highest BCUT2D eigenvalue weighted by molar-refractivity contribution is 7.89. The van der Waals surface area contributed by atoms with Crippen LogP contribution in [0.1, 0.15) is 15.9 Å². The number of benzene rings is 1. The Morgan fingerprint density at radius 2 is 1.42 bits per heavy atom. The number of fused-ring (bicyclic) bond motifs is 1. The van der Waals surface area contributed by atoms with Crippen LogP contribution < -0.4 is 5.32 Å². The molecule has 144 valence electrons. The maximum Gasteiger partial charge on any atom is 0.265 e. The van der Waals surface area contributed by atoms with Crippen LogP contribution in [0, 0.1) is 0 Å². The Morgan fingerprint density at radius 1 is 0.962 bits per heavy atom. The molecule has 0 fully saturated rings. The molecule has 1 aliphatic rings. The number of carbonyl (C=O) groups excluding carboxylic acids is 3. The smallest absolute Gasteiger partial charge is 0.265 e. The van der Waals surface area contributed by atoms with E-state index in [4.69, 9.17) is 13.9 Å². The van der Waals surface area contributed by atoms with E-state index in [0.717, 1.165) is 5.56 Å². The summed E-state index contributed by atoms with van der Waals surface area (Å²) in [6, 6.07) is 7.07. The van der Waals surface area contributed by atoms with Crippen LogP contribution in [-0.2, 0) is 29.8 Å². The number of hydrogen-bond acceptors (Lipinski definition) is 7. The predicted octanol–water partition coefficient (Wildman–Crippen LogP) is -0.411. The Balaban J connectivity index is 0.000000407. The summed E-state index contributed by atoms with van der Waals surface area (Å²) in [5.41, 5.74) is 1.33. The minimum atomic E-state index is -4.30. The fourth-order valence-electron chi connectivity index (χ4n) is 1.43. The van der Waals surface area contributed by atoms with Crippen LogP contribution in [-0.4, -0.2) is 62.5 Å². The van der Waals surface area contributed by atoms with E-state index in [1.807, 2.05) is 12.1 Å². The molecule has 26 heavy (non-hydrogen) atoms. The molecule has 1 aliphatic carbocycles. The number of hydrogen-bond donors (Lipinski definition) is 3. The van der Waals surface area contributed by atoms with Crippen LogP contribution in [0.2, 0.25) is 0 Å². The maximum atomic E-state index is 11.2. The molecule has 1 aromatic carbocycles. The Bertz CT molecular complexity index is 855. The lowest BCUT2D eigenvalue weighted by molar-refractivity contribution is -0.111. The summed E-state index contributed by atoms with van der Waals surface area (Å²) < 4.78 is 55.4. The van der Waals surface area contributed by atoms with E-state index in [9.17, 15) is 26.4 Å². The Labute approximate surface area is 150 Å². The van der Waals surface area contributed by atoms with Crippen molar-refractivity contribution >= 4 is 44.3 Å². The van der Waals surface area contributed by atoms with Crippen molar-refractivity contribution in [2.45, 2.75) is 0 Å². The molecule has 1 aromatic rings. The molecule has 0 atom stereocenters. The second-order valence-electron chi connectivity index (χ2n) is 4.59. The summed E-state index contributed by atoms with van der Waals surface area (Å²) in [6.07, 6.45) is 3.60. The van der Waals surface area contributed by atoms with E-state index in [0.29, 0.717) is 12.0 Å². The Morgan fingerprint density at radius 3 is 1.85 bits per heavy atom. The normalized spacial score (nSPS) is 12.7. The second-order valence-corrected chi connectivity index (χ2v) is 7.74. The third-order valence-corrected chi connectivity index (χ3v) is 4.26. The van der Waals surface area contributed by atoms with Gasteiger partial charge in [-0.25, -0.2) is 0 Å². The van der Waals surface area contributed by atoms with Gasteiger partial charge in [-0.15, -0.1) is 0 Å². The van der Waals surface area contributed by atoms with Gasteiger partial charge in [-0.1, -0.05) is 30.3 Å². The van der Waals surface area contributed by atoms with Crippen molar-refractivity contribution in [2.75, 3.05) is 18.6 Å².